The van der Waals surface area contributed by atoms with Gasteiger partial charge in [0.05, 0.1) is 10.7 Å². The maximum atomic E-state index is 4.58. The van der Waals surface area contributed by atoms with E-state index in [4.69, 9.17) is 0 Å². The lowest BCUT2D eigenvalue weighted by Crippen LogP contribution is -2.56. The van der Waals surface area contributed by atoms with E-state index >= 15 is 0 Å². The number of aryl methyl sites for hydroxylation is 1. The van der Waals surface area contributed by atoms with Crippen LogP contribution < -0.4 is 5.32 Å². The van der Waals surface area contributed by atoms with Gasteiger partial charge in [-0.15, -0.1) is 11.3 Å². The van der Waals surface area contributed by atoms with E-state index in [1.165, 1.54) is 10.7 Å². The minimum absolute atomic E-state index is 0.318. The first-order valence-electron chi connectivity index (χ1n) is 6.32. The third-order valence-electron chi connectivity index (χ3n) is 3.39. The van der Waals surface area contributed by atoms with Crippen LogP contribution in [0.2, 0.25) is 0 Å². The molecule has 0 saturated carbocycles. The first-order valence-corrected chi connectivity index (χ1v) is 7.20. The standard InChI is InChI=1S/C13H23N3S/c1-10-15-11(9-17-10)8-16-6-5-14-7-12(16)13(2,3)4/h9,12,14H,5-8H2,1-4H3. The fraction of sp³-hybridized carbons (Fsp3) is 0.769. The average Bonchev–Trinajstić information content (AvgIpc) is 2.63. The molecule has 0 aromatic carbocycles. The molecular weight excluding hydrogens is 230 g/mol. The van der Waals surface area contributed by atoms with Gasteiger partial charge in [0.15, 0.2) is 0 Å². The summed E-state index contributed by atoms with van der Waals surface area (Å²) in [4.78, 5) is 7.15. The number of aromatic nitrogens is 1. The fourth-order valence-corrected chi connectivity index (χ4v) is 3.08. The molecule has 2 heterocycles. The second-order valence-corrected chi connectivity index (χ2v) is 6.98. The number of nitrogens with zero attached hydrogens (tertiary/aromatic N) is 2. The first-order chi connectivity index (χ1) is 7.97. The first kappa shape index (κ1) is 13.0. The van der Waals surface area contributed by atoms with Crippen LogP contribution in [-0.4, -0.2) is 35.6 Å². The summed E-state index contributed by atoms with van der Waals surface area (Å²) in [5.74, 6) is 0. The molecule has 96 valence electrons. The Morgan fingerprint density at radius 1 is 1.53 bits per heavy atom. The average molecular weight is 253 g/mol. The number of piperazine rings is 1. The molecule has 1 unspecified atom stereocenters. The van der Waals surface area contributed by atoms with Gasteiger partial charge >= 0.3 is 0 Å². The minimum atomic E-state index is 0.318. The van der Waals surface area contributed by atoms with Crippen molar-refractivity contribution >= 4 is 11.3 Å². The zero-order valence-electron chi connectivity index (χ0n) is 11.3. The van der Waals surface area contributed by atoms with E-state index in [1.54, 1.807) is 11.3 Å². The zero-order valence-corrected chi connectivity index (χ0v) is 12.1. The summed E-state index contributed by atoms with van der Waals surface area (Å²) in [7, 11) is 0. The predicted molar refractivity (Wildman–Crippen MR) is 73.4 cm³/mol. The van der Waals surface area contributed by atoms with Gasteiger partial charge in [-0.3, -0.25) is 4.90 Å². The van der Waals surface area contributed by atoms with Gasteiger partial charge in [-0.1, -0.05) is 20.8 Å². The molecular formula is C13H23N3S. The third kappa shape index (κ3) is 3.27. The van der Waals surface area contributed by atoms with Gasteiger partial charge in [0.25, 0.3) is 0 Å². The van der Waals surface area contributed by atoms with Gasteiger partial charge in [0.1, 0.15) is 0 Å². The molecule has 3 nitrogen and oxygen atoms in total. The molecule has 1 fully saturated rings. The number of hydrogen-bond donors (Lipinski definition) is 1. The molecule has 0 spiro atoms. The van der Waals surface area contributed by atoms with Gasteiger partial charge in [0.2, 0.25) is 0 Å². The Labute approximate surface area is 108 Å². The predicted octanol–water partition coefficient (Wildman–Crippen LogP) is 2.27. The maximum absolute atomic E-state index is 4.58. The summed E-state index contributed by atoms with van der Waals surface area (Å²) in [6.45, 7) is 13.3. The lowest BCUT2D eigenvalue weighted by molar-refractivity contribution is 0.0680. The summed E-state index contributed by atoms with van der Waals surface area (Å²) >= 11 is 1.75. The third-order valence-corrected chi connectivity index (χ3v) is 4.21. The van der Waals surface area contributed by atoms with Crippen LogP contribution in [0.25, 0.3) is 0 Å². The van der Waals surface area contributed by atoms with Gasteiger partial charge in [0, 0.05) is 37.6 Å². The molecule has 2 rings (SSSR count). The SMILES string of the molecule is Cc1nc(CN2CCNCC2C(C)(C)C)cs1. The highest BCUT2D eigenvalue weighted by molar-refractivity contribution is 7.09. The van der Waals surface area contributed by atoms with Crippen LogP contribution in [0.15, 0.2) is 5.38 Å². The van der Waals surface area contributed by atoms with Crippen molar-refractivity contribution in [2.24, 2.45) is 5.41 Å². The second kappa shape index (κ2) is 5.04. The summed E-state index contributed by atoms with van der Waals surface area (Å²) < 4.78 is 0. The lowest BCUT2D eigenvalue weighted by atomic mass is 9.84. The van der Waals surface area contributed by atoms with Crippen molar-refractivity contribution in [1.82, 2.24) is 15.2 Å². The van der Waals surface area contributed by atoms with E-state index in [1.807, 2.05) is 0 Å². The van der Waals surface area contributed by atoms with Crippen LogP contribution in [0.4, 0.5) is 0 Å². The number of hydrogen-bond acceptors (Lipinski definition) is 4. The Hall–Kier alpha value is -0.450. The molecule has 1 atom stereocenters. The largest absolute Gasteiger partial charge is 0.314 e. The molecule has 0 bridgehead atoms. The molecule has 0 amide bonds. The fourth-order valence-electron chi connectivity index (χ4n) is 2.48. The van der Waals surface area contributed by atoms with Gasteiger partial charge in [-0.05, 0) is 12.3 Å². The second-order valence-electron chi connectivity index (χ2n) is 5.91. The zero-order chi connectivity index (χ0) is 12.5. The van der Waals surface area contributed by atoms with Gasteiger partial charge in [-0.25, -0.2) is 4.98 Å². The smallest absolute Gasteiger partial charge is 0.0897 e. The van der Waals surface area contributed by atoms with Crippen LogP contribution in [0.1, 0.15) is 31.5 Å². The molecule has 1 saturated heterocycles. The van der Waals surface area contributed by atoms with Crippen molar-refractivity contribution in [2.45, 2.75) is 40.3 Å². The van der Waals surface area contributed by atoms with E-state index in [-0.39, 0.29) is 0 Å². The Morgan fingerprint density at radius 2 is 2.29 bits per heavy atom. The Bertz CT molecular complexity index is 367. The Kier molecular flexibility index (Phi) is 3.85. The molecule has 1 aliphatic heterocycles. The van der Waals surface area contributed by atoms with Crippen molar-refractivity contribution in [2.75, 3.05) is 19.6 Å². The molecule has 1 aliphatic rings. The molecule has 1 N–H and O–H groups in total. The Morgan fingerprint density at radius 3 is 2.88 bits per heavy atom. The molecule has 17 heavy (non-hydrogen) atoms. The number of nitrogens with one attached hydrogen (secondary N) is 1. The molecule has 4 heteroatoms. The highest BCUT2D eigenvalue weighted by Gasteiger charge is 2.32. The van der Waals surface area contributed by atoms with Crippen molar-refractivity contribution in [3.8, 4) is 0 Å². The summed E-state index contributed by atoms with van der Waals surface area (Å²) in [6, 6.07) is 0.596. The van der Waals surface area contributed by atoms with Crippen molar-refractivity contribution in [3.63, 3.8) is 0 Å². The van der Waals surface area contributed by atoms with E-state index in [0.717, 1.165) is 26.2 Å². The van der Waals surface area contributed by atoms with Crippen LogP contribution in [0.3, 0.4) is 0 Å². The minimum Gasteiger partial charge on any atom is -0.314 e. The van der Waals surface area contributed by atoms with Crippen molar-refractivity contribution in [3.05, 3.63) is 16.1 Å². The molecule has 1 aromatic heterocycles. The summed E-state index contributed by atoms with van der Waals surface area (Å²) in [6.07, 6.45) is 0. The van der Waals surface area contributed by atoms with Crippen LogP contribution in [-0.2, 0) is 6.54 Å². The van der Waals surface area contributed by atoms with Gasteiger partial charge < -0.3 is 5.32 Å². The summed E-state index contributed by atoms with van der Waals surface area (Å²) in [5.41, 5.74) is 1.54. The number of rotatable bonds is 2. The lowest BCUT2D eigenvalue weighted by Gasteiger charge is -2.43. The van der Waals surface area contributed by atoms with E-state index in [0.29, 0.717) is 11.5 Å². The molecule has 0 radical (unpaired) electrons. The quantitative estimate of drug-likeness (QED) is 0.876. The van der Waals surface area contributed by atoms with Crippen LogP contribution >= 0.6 is 11.3 Å². The van der Waals surface area contributed by atoms with Crippen molar-refractivity contribution in [1.29, 1.82) is 0 Å². The molecule has 1 aromatic rings. The van der Waals surface area contributed by atoms with Crippen LogP contribution in [0.5, 0.6) is 0 Å². The Balaban J connectivity index is 2.06. The highest BCUT2D eigenvalue weighted by atomic mass is 32.1. The molecule has 0 aliphatic carbocycles. The van der Waals surface area contributed by atoms with Crippen LogP contribution in [0, 0.1) is 12.3 Å². The van der Waals surface area contributed by atoms with Crippen molar-refractivity contribution < 1.29 is 0 Å². The highest BCUT2D eigenvalue weighted by Crippen LogP contribution is 2.26. The van der Waals surface area contributed by atoms with E-state index < -0.39 is 0 Å². The topological polar surface area (TPSA) is 28.2 Å². The monoisotopic (exact) mass is 253 g/mol. The van der Waals surface area contributed by atoms with Gasteiger partial charge in [-0.2, -0.15) is 0 Å². The van der Waals surface area contributed by atoms with E-state index in [9.17, 15) is 0 Å². The summed E-state index contributed by atoms with van der Waals surface area (Å²) in [5, 5.41) is 6.86. The maximum Gasteiger partial charge on any atom is 0.0897 e. The normalized spacial score (nSPS) is 22.9. The van der Waals surface area contributed by atoms with E-state index in [2.05, 4.69) is 48.3 Å². The number of thiazole rings is 1.